The second-order valence-electron chi connectivity index (χ2n) is 5.48. The molecule has 2 rings (SSSR count). The minimum Gasteiger partial charge on any atom is -0.217 e. The maximum absolute atomic E-state index is 14.1. The molecule has 160 valence electrons. The third kappa shape index (κ3) is 4.15. The molecule has 0 spiro atoms. The molecule has 0 bridgehead atoms. The van der Waals surface area contributed by atoms with Crippen molar-refractivity contribution in [2.24, 2.45) is 0 Å². The Morgan fingerprint density at radius 2 is 1.38 bits per heavy atom. The number of benzene rings is 2. The predicted octanol–water partition coefficient (Wildman–Crippen LogP) is 7.75. The summed E-state index contributed by atoms with van der Waals surface area (Å²) in [6.07, 6.45) is -6.82. The van der Waals surface area contributed by atoms with Crippen LogP contribution >= 0.6 is 55.1 Å². The van der Waals surface area contributed by atoms with E-state index in [4.69, 9.17) is 23.2 Å². The highest BCUT2D eigenvalue weighted by Gasteiger charge is 2.78. The van der Waals surface area contributed by atoms with Crippen LogP contribution in [0.2, 0.25) is 10.0 Å². The van der Waals surface area contributed by atoms with Gasteiger partial charge in [-0.1, -0.05) is 61.1 Å². The summed E-state index contributed by atoms with van der Waals surface area (Å²) in [7, 11) is -6.57. The molecular weight excluding hydrogens is 608 g/mol. The van der Waals surface area contributed by atoms with Crippen LogP contribution in [0, 0.1) is 0 Å². The van der Waals surface area contributed by atoms with Gasteiger partial charge in [-0.3, -0.25) is 0 Å². The Bertz CT molecular complexity index is 1070. The van der Waals surface area contributed by atoms with E-state index in [-0.39, 0.29) is 24.6 Å². The molecule has 0 saturated heterocycles. The highest BCUT2D eigenvalue weighted by molar-refractivity contribution is 9.11. The summed E-state index contributed by atoms with van der Waals surface area (Å²) >= 11 is 17.2. The lowest BCUT2D eigenvalue weighted by atomic mass is 10.1. The van der Waals surface area contributed by atoms with Crippen molar-refractivity contribution < 1.29 is 39.2 Å². The standard InChI is InChI=1S/C15H5Br2Cl2F7O2S/c16-7-4-8(17)12(6-1-2-9(18)10(19)3-6)11(5-7)29(27,28)15(25,26)13(20,21)14(22,23)24/h1-5H. The second kappa shape index (κ2) is 7.85. The lowest BCUT2D eigenvalue weighted by Gasteiger charge is -2.28. The van der Waals surface area contributed by atoms with Gasteiger partial charge in [0.15, 0.2) is 0 Å². The van der Waals surface area contributed by atoms with E-state index >= 15 is 0 Å². The maximum Gasteiger partial charge on any atom is 0.461 e. The van der Waals surface area contributed by atoms with E-state index in [2.05, 4.69) is 31.9 Å². The number of alkyl halides is 7. The second-order valence-corrected chi connectivity index (χ2v) is 10.0. The highest BCUT2D eigenvalue weighted by Crippen LogP contribution is 2.52. The molecule has 14 heteroatoms. The van der Waals surface area contributed by atoms with Gasteiger partial charge in [-0.15, -0.1) is 0 Å². The first-order chi connectivity index (χ1) is 12.9. The average molecular weight is 613 g/mol. The Hall–Kier alpha value is -0.560. The zero-order valence-corrected chi connectivity index (χ0v) is 18.8. The molecule has 0 amide bonds. The largest absolute Gasteiger partial charge is 0.461 e. The van der Waals surface area contributed by atoms with E-state index in [9.17, 15) is 39.2 Å². The molecule has 0 aromatic heterocycles. The Labute approximate surface area is 186 Å². The highest BCUT2D eigenvalue weighted by atomic mass is 79.9. The summed E-state index contributed by atoms with van der Waals surface area (Å²) in [6, 6.07) is 4.99. The van der Waals surface area contributed by atoms with Gasteiger partial charge < -0.3 is 0 Å². The lowest BCUT2D eigenvalue weighted by Crippen LogP contribution is -2.56. The fourth-order valence-corrected chi connectivity index (χ4v) is 5.71. The van der Waals surface area contributed by atoms with Crippen molar-refractivity contribution in [1.29, 1.82) is 0 Å². The number of halogens is 11. The molecule has 2 nitrogen and oxygen atoms in total. The average Bonchev–Trinajstić information content (AvgIpc) is 2.55. The van der Waals surface area contributed by atoms with Gasteiger partial charge in [0.25, 0.3) is 9.84 Å². The first-order valence-electron chi connectivity index (χ1n) is 6.96. The molecule has 2 aromatic carbocycles. The van der Waals surface area contributed by atoms with Crippen LogP contribution in [0.25, 0.3) is 11.1 Å². The smallest absolute Gasteiger partial charge is 0.217 e. The molecule has 0 heterocycles. The molecule has 2 aromatic rings. The molecule has 0 N–H and O–H groups in total. The number of rotatable bonds is 4. The van der Waals surface area contributed by atoms with Gasteiger partial charge >= 0.3 is 17.4 Å². The van der Waals surface area contributed by atoms with Crippen LogP contribution in [0.3, 0.4) is 0 Å². The van der Waals surface area contributed by atoms with Gasteiger partial charge in [-0.25, -0.2) is 8.42 Å². The first kappa shape index (κ1) is 24.7. The number of sulfone groups is 1. The van der Waals surface area contributed by atoms with Gasteiger partial charge in [-0.05, 0) is 29.8 Å². The van der Waals surface area contributed by atoms with Crippen LogP contribution in [0.1, 0.15) is 0 Å². The quantitative estimate of drug-likeness (QED) is 0.331. The zero-order valence-electron chi connectivity index (χ0n) is 13.3. The van der Waals surface area contributed by atoms with Gasteiger partial charge in [0.2, 0.25) is 0 Å². The molecule has 0 atom stereocenters. The fourth-order valence-electron chi connectivity index (χ4n) is 2.17. The summed E-state index contributed by atoms with van der Waals surface area (Å²) in [4.78, 5) is -1.48. The maximum atomic E-state index is 14.1. The molecule has 0 aliphatic carbocycles. The van der Waals surface area contributed by atoms with Gasteiger partial charge in [0.1, 0.15) is 0 Å². The van der Waals surface area contributed by atoms with E-state index < -0.39 is 37.6 Å². The summed E-state index contributed by atoms with van der Waals surface area (Å²) in [6.45, 7) is 0. The van der Waals surface area contributed by atoms with Gasteiger partial charge in [0, 0.05) is 14.5 Å². The molecule has 0 radical (unpaired) electrons. The molecule has 0 fully saturated rings. The van der Waals surface area contributed by atoms with Crippen molar-refractivity contribution in [3.63, 3.8) is 0 Å². The third-order valence-electron chi connectivity index (χ3n) is 3.58. The van der Waals surface area contributed by atoms with Crippen LogP contribution in [-0.2, 0) is 9.84 Å². The van der Waals surface area contributed by atoms with Gasteiger partial charge in [-0.2, -0.15) is 30.7 Å². The van der Waals surface area contributed by atoms with Gasteiger partial charge in [0.05, 0.1) is 14.9 Å². The Morgan fingerprint density at radius 3 is 1.86 bits per heavy atom. The number of hydrogen-bond acceptors (Lipinski definition) is 2. The topological polar surface area (TPSA) is 34.1 Å². The van der Waals surface area contributed by atoms with Crippen molar-refractivity contribution in [1.82, 2.24) is 0 Å². The molecule has 29 heavy (non-hydrogen) atoms. The molecule has 0 aliphatic rings. The number of hydrogen-bond donors (Lipinski definition) is 0. The third-order valence-corrected chi connectivity index (χ3v) is 7.23. The Balaban J connectivity index is 2.88. The van der Waals surface area contributed by atoms with Crippen molar-refractivity contribution in [3.05, 3.63) is 49.3 Å². The summed E-state index contributed by atoms with van der Waals surface area (Å²) < 4.78 is 117. The SMILES string of the molecule is O=S(=O)(c1cc(Br)cc(Br)c1-c1ccc(Cl)c(Cl)c1)C(F)(F)C(F)(F)C(F)(F)F. The van der Waals surface area contributed by atoms with Crippen molar-refractivity contribution in [2.75, 3.05) is 0 Å². The minimum absolute atomic E-state index is 0.00184. The van der Waals surface area contributed by atoms with E-state index in [0.29, 0.717) is 6.07 Å². The van der Waals surface area contributed by atoms with Crippen molar-refractivity contribution in [2.45, 2.75) is 22.2 Å². The van der Waals surface area contributed by atoms with Crippen LogP contribution in [0.15, 0.2) is 44.2 Å². The zero-order chi connectivity index (χ0) is 22.6. The van der Waals surface area contributed by atoms with E-state index in [0.717, 1.165) is 18.2 Å². The Kier molecular flexibility index (Phi) is 6.69. The van der Waals surface area contributed by atoms with Crippen LogP contribution < -0.4 is 0 Å². The van der Waals surface area contributed by atoms with Crippen molar-refractivity contribution >= 4 is 64.9 Å². The predicted molar refractivity (Wildman–Crippen MR) is 100 cm³/mol. The van der Waals surface area contributed by atoms with E-state index in [1.54, 1.807) is 0 Å². The minimum atomic E-state index is -6.86. The summed E-state index contributed by atoms with van der Waals surface area (Å²) in [5.41, 5.74) is -0.784. The van der Waals surface area contributed by atoms with E-state index in [1.807, 2.05) is 0 Å². The monoisotopic (exact) mass is 610 g/mol. The van der Waals surface area contributed by atoms with Crippen molar-refractivity contribution in [3.8, 4) is 11.1 Å². The van der Waals surface area contributed by atoms with Crippen LogP contribution in [0.5, 0.6) is 0 Å². The molecule has 0 unspecified atom stereocenters. The normalized spacial score (nSPS) is 13.6. The molecular formula is C15H5Br2Cl2F7O2S. The fraction of sp³-hybridized carbons (Fsp3) is 0.200. The first-order valence-corrected chi connectivity index (χ1v) is 10.8. The lowest BCUT2D eigenvalue weighted by molar-refractivity contribution is -0.332. The molecule has 0 saturated carbocycles. The van der Waals surface area contributed by atoms with Crippen LogP contribution in [0.4, 0.5) is 30.7 Å². The molecule has 0 aliphatic heterocycles. The Morgan fingerprint density at radius 1 is 0.828 bits per heavy atom. The summed E-state index contributed by atoms with van der Waals surface area (Å²) in [5.74, 6) is -6.86. The van der Waals surface area contributed by atoms with E-state index in [1.165, 1.54) is 6.07 Å². The van der Waals surface area contributed by atoms with Crippen LogP contribution in [-0.4, -0.2) is 25.8 Å². The summed E-state index contributed by atoms with van der Waals surface area (Å²) in [5, 5.41) is -6.65.